The molecule has 5 aliphatic carbocycles. The van der Waals surface area contributed by atoms with Crippen LogP contribution in [0.5, 0.6) is 0 Å². The summed E-state index contributed by atoms with van der Waals surface area (Å²) in [7, 11) is 0. The summed E-state index contributed by atoms with van der Waals surface area (Å²) in [6, 6.07) is 0. The Morgan fingerprint density at radius 3 is 2.32 bits per heavy atom. The molecule has 1 heterocycles. The van der Waals surface area contributed by atoms with Crippen LogP contribution in [0.25, 0.3) is 0 Å². The number of hydrogen-bond acceptors (Lipinski definition) is 6. The number of fused-ring (bicyclic) bond motifs is 4. The van der Waals surface area contributed by atoms with Gasteiger partial charge in [-0.05, 0) is 105 Å². The molecule has 2 spiro atoms. The Hall–Kier alpha value is -0.980. The second-order valence-corrected chi connectivity index (χ2v) is 16.0. The van der Waals surface area contributed by atoms with Gasteiger partial charge in [-0.1, -0.05) is 34.6 Å². The Kier molecular flexibility index (Phi) is 5.62. The molecule has 1 aliphatic heterocycles. The van der Waals surface area contributed by atoms with Crippen molar-refractivity contribution in [2.45, 2.75) is 137 Å². The van der Waals surface area contributed by atoms with Gasteiger partial charge in [-0.3, -0.25) is 9.59 Å². The molecule has 0 unspecified atom stereocenters. The van der Waals surface area contributed by atoms with Crippen LogP contribution in [0.3, 0.4) is 0 Å². The van der Waals surface area contributed by atoms with Gasteiger partial charge in [0.25, 0.3) is 0 Å². The molecule has 214 valence electrons. The molecule has 5 saturated carbocycles. The molecule has 0 radical (unpaired) electrons. The fraction of sp³-hybridized carbons (Fsp3) is 0.938. The molecule has 1 saturated heterocycles. The van der Waals surface area contributed by atoms with Gasteiger partial charge in [0.05, 0.1) is 17.8 Å². The smallest absolute Gasteiger partial charge is 0.303 e. The molecule has 6 rings (SSSR count). The summed E-state index contributed by atoms with van der Waals surface area (Å²) in [5, 5.41) is 21.8. The van der Waals surface area contributed by atoms with E-state index in [0.29, 0.717) is 18.3 Å². The maximum Gasteiger partial charge on any atom is 0.303 e. The summed E-state index contributed by atoms with van der Waals surface area (Å²) in [5.41, 5.74) is -1.46. The second-order valence-electron chi connectivity index (χ2n) is 16.0. The Bertz CT molecular complexity index is 1050. The second kappa shape index (κ2) is 7.85. The first-order chi connectivity index (χ1) is 17.5. The molecular formula is C32H50O6. The Morgan fingerprint density at radius 1 is 1.05 bits per heavy atom. The molecule has 6 fully saturated rings. The maximum absolute atomic E-state index is 14.7. The van der Waals surface area contributed by atoms with Gasteiger partial charge in [0.2, 0.25) is 0 Å². The molecule has 6 nitrogen and oxygen atoms in total. The molecule has 0 aromatic rings. The van der Waals surface area contributed by atoms with Crippen molar-refractivity contribution in [2.75, 3.05) is 0 Å². The third-order valence-electron chi connectivity index (χ3n) is 13.9. The Morgan fingerprint density at radius 2 is 1.68 bits per heavy atom. The first-order valence-electron chi connectivity index (χ1n) is 15.2. The highest BCUT2D eigenvalue weighted by Gasteiger charge is 2.84. The minimum atomic E-state index is -1.27. The van der Waals surface area contributed by atoms with E-state index in [1.165, 1.54) is 19.8 Å². The lowest BCUT2D eigenvalue weighted by molar-refractivity contribution is -0.209. The lowest BCUT2D eigenvalue weighted by atomic mass is 9.41. The van der Waals surface area contributed by atoms with E-state index in [0.717, 1.165) is 32.1 Å². The van der Waals surface area contributed by atoms with E-state index in [1.807, 2.05) is 0 Å². The number of carbonyl (C=O) groups excluding carboxylic acids is 2. The summed E-state index contributed by atoms with van der Waals surface area (Å²) in [6.07, 6.45) is 6.13. The van der Waals surface area contributed by atoms with Crippen LogP contribution in [0, 0.1) is 50.7 Å². The van der Waals surface area contributed by atoms with Gasteiger partial charge in [0.1, 0.15) is 6.10 Å². The van der Waals surface area contributed by atoms with Gasteiger partial charge in [-0.2, -0.15) is 0 Å². The highest BCUT2D eigenvalue weighted by Crippen LogP contribution is 2.88. The minimum Gasteiger partial charge on any atom is -0.457 e. The first-order valence-corrected chi connectivity index (χ1v) is 15.2. The quantitative estimate of drug-likeness (QED) is 0.495. The van der Waals surface area contributed by atoms with Gasteiger partial charge >= 0.3 is 5.97 Å². The van der Waals surface area contributed by atoms with Crippen molar-refractivity contribution >= 4 is 11.8 Å². The topological polar surface area (TPSA) is 93.1 Å². The van der Waals surface area contributed by atoms with Crippen molar-refractivity contribution in [3.8, 4) is 0 Å². The van der Waals surface area contributed by atoms with E-state index in [1.54, 1.807) is 13.8 Å². The Labute approximate surface area is 228 Å². The molecule has 6 heteroatoms. The van der Waals surface area contributed by atoms with Crippen LogP contribution < -0.4 is 0 Å². The maximum atomic E-state index is 14.7. The van der Waals surface area contributed by atoms with Crippen molar-refractivity contribution in [1.82, 2.24) is 0 Å². The van der Waals surface area contributed by atoms with Gasteiger partial charge in [-0.15, -0.1) is 0 Å². The number of carbonyl (C=O) groups is 2. The van der Waals surface area contributed by atoms with Crippen LogP contribution in [0.1, 0.15) is 107 Å². The molecule has 0 aromatic heterocycles. The van der Waals surface area contributed by atoms with Crippen molar-refractivity contribution < 1.29 is 29.3 Å². The lowest BCUT2D eigenvalue weighted by Gasteiger charge is -2.62. The summed E-state index contributed by atoms with van der Waals surface area (Å²) in [6.45, 7) is 16.1. The van der Waals surface area contributed by atoms with E-state index < -0.39 is 35.3 Å². The molecule has 0 aromatic carbocycles. The third kappa shape index (κ3) is 3.06. The Balaban J connectivity index is 1.35. The molecule has 0 amide bonds. The molecule has 0 bridgehead atoms. The van der Waals surface area contributed by atoms with E-state index in [9.17, 15) is 19.8 Å². The molecular weight excluding hydrogens is 480 g/mol. The van der Waals surface area contributed by atoms with E-state index in [4.69, 9.17) is 9.47 Å². The molecule has 6 aliphatic rings. The molecule has 38 heavy (non-hydrogen) atoms. The van der Waals surface area contributed by atoms with Gasteiger partial charge in [-0.25, -0.2) is 0 Å². The van der Waals surface area contributed by atoms with Gasteiger partial charge in [0.15, 0.2) is 11.9 Å². The fourth-order valence-corrected chi connectivity index (χ4v) is 12.1. The van der Waals surface area contributed by atoms with Crippen LogP contribution in [0.4, 0.5) is 0 Å². The third-order valence-corrected chi connectivity index (χ3v) is 13.9. The number of aliphatic hydroxyl groups is 2. The number of ketones is 1. The van der Waals surface area contributed by atoms with E-state index in [2.05, 4.69) is 34.6 Å². The number of rotatable bonds is 3. The monoisotopic (exact) mass is 530 g/mol. The molecule has 12 atom stereocenters. The number of esters is 1. The normalized spacial score (nSPS) is 53.5. The standard InChI is InChI=1S/C32H50O6/c1-17-15-19(26(28(5,6)36)37-18(2)33)38-24-23(17)29(7)13-14-32-16-31(32)12-11-22(34)27(3,4)20(31)9-10-21(32)30(29,8)25(24)35/h17,19-24,26,34,36H,9-16H2,1-8H3/t17-,19-,20-,21-,22+,23+,24-,26+,29-,30-,31-,32+/m1/s1. The predicted molar refractivity (Wildman–Crippen MR) is 143 cm³/mol. The summed E-state index contributed by atoms with van der Waals surface area (Å²) in [5.74, 6) is 1.03. The summed E-state index contributed by atoms with van der Waals surface area (Å²) in [4.78, 5) is 26.6. The number of Topliss-reactive ketones (excluding diaryl/α,β-unsaturated/α-hetero) is 1. The zero-order chi connectivity index (χ0) is 27.8. The van der Waals surface area contributed by atoms with Crippen molar-refractivity contribution in [1.29, 1.82) is 0 Å². The van der Waals surface area contributed by atoms with Crippen molar-refractivity contribution in [3.05, 3.63) is 0 Å². The fourth-order valence-electron chi connectivity index (χ4n) is 12.1. The highest BCUT2D eigenvalue weighted by molar-refractivity contribution is 5.93. The van der Waals surface area contributed by atoms with E-state index >= 15 is 0 Å². The molecule has 2 N–H and O–H groups in total. The summed E-state index contributed by atoms with van der Waals surface area (Å²) < 4.78 is 12.3. The van der Waals surface area contributed by atoms with Crippen LogP contribution in [-0.2, 0) is 19.1 Å². The van der Waals surface area contributed by atoms with Crippen LogP contribution in [-0.4, -0.2) is 52.0 Å². The van der Waals surface area contributed by atoms with Gasteiger partial charge < -0.3 is 19.7 Å². The first kappa shape index (κ1) is 27.2. The predicted octanol–water partition coefficient (Wildman–Crippen LogP) is 5.07. The zero-order valence-corrected chi connectivity index (χ0v) is 24.8. The summed E-state index contributed by atoms with van der Waals surface area (Å²) >= 11 is 0. The largest absolute Gasteiger partial charge is 0.457 e. The van der Waals surface area contributed by atoms with E-state index in [-0.39, 0.29) is 45.4 Å². The highest BCUT2D eigenvalue weighted by atomic mass is 16.6. The van der Waals surface area contributed by atoms with Crippen LogP contribution in [0.2, 0.25) is 0 Å². The number of ether oxygens (including phenoxy) is 2. The van der Waals surface area contributed by atoms with Crippen LogP contribution >= 0.6 is 0 Å². The SMILES string of the molecule is CC(=O)O[C@@H]([C@H]1C[C@@H](C)[C@H]2[C@@H](O1)C(=O)[C@@]1(C)[C@H]3CC[C@@H]4C(C)(C)[C@@H](O)CC[C@@]45C[C@@]35CC[C@]21C)C(C)(C)O. The zero-order valence-electron chi connectivity index (χ0n) is 24.8. The van der Waals surface area contributed by atoms with Gasteiger partial charge in [0, 0.05) is 18.3 Å². The number of hydrogen-bond donors (Lipinski definition) is 2. The lowest BCUT2D eigenvalue weighted by Crippen LogP contribution is -2.59. The minimum absolute atomic E-state index is 0.0737. The van der Waals surface area contributed by atoms with Crippen molar-refractivity contribution in [3.63, 3.8) is 0 Å². The van der Waals surface area contributed by atoms with Crippen molar-refractivity contribution in [2.24, 2.45) is 50.7 Å². The average Bonchev–Trinajstić information content (AvgIpc) is 3.44. The average molecular weight is 531 g/mol. The number of aliphatic hydroxyl groups excluding tert-OH is 1. The van der Waals surface area contributed by atoms with Crippen LogP contribution in [0.15, 0.2) is 0 Å².